The van der Waals surface area contributed by atoms with Crippen molar-refractivity contribution in [3.05, 3.63) is 29.3 Å². The number of anilines is 1. The second-order valence-electron chi connectivity index (χ2n) is 6.88. The zero-order valence-electron chi connectivity index (χ0n) is 13.9. The number of piperidine rings is 1. The average molecular weight is 315 g/mol. The van der Waals surface area contributed by atoms with Crippen LogP contribution in [0.5, 0.6) is 0 Å². The highest BCUT2D eigenvalue weighted by Gasteiger charge is 2.24. The first-order valence-electron chi connectivity index (χ1n) is 8.50. The smallest absolute Gasteiger partial charge is 0.321 e. The first kappa shape index (κ1) is 15.8. The summed E-state index contributed by atoms with van der Waals surface area (Å²) in [5.41, 5.74) is 2.29. The molecule has 0 spiro atoms. The van der Waals surface area contributed by atoms with Crippen LogP contribution in [0.15, 0.2) is 18.2 Å². The first-order valence-corrected chi connectivity index (χ1v) is 8.50. The number of nitrogens with zero attached hydrogens (tertiary/aromatic N) is 1. The number of benzene rings is 1. The lowest BCUT2D eigenvalue weighted by Crippen LogP contribution is -2.40. The number of nitrogens with one attached hydrogen (secondary N) is 2. The predicted octanol–water partition coefficient (Wildman–Crippen LogP) is 3.15. The average Bonchev–Trinajstić information content (AvgIpc) is 3.34. The molecule has 0 unspecified atom stereocenters. The molecule has 23 heavy (non-hydrogen) atoms. The summed E-state index contributed by atoms with van der Waals surface area (Å²) >= 11 is 0. The Labute approximate surface area is 137 Å². The van der Waals surface area contributed by atoms with Gasteiger partial charge in [-0.1, -0.05) is 13.0 Å². The van der Waals surface area contributed by atoms with Gasteiger partial charge >= 0.3 is 6.03 Å². The summed E-state index contributed by atoms with van der Waals surface area (Å²) in [6, 6.07) is 5.73. The molecule has 1 heterocycles. The largest absolute Gasteiger partial charge is 0.349 e. The Balaban J connectivity index is 1.66. The van der Waals surface area contributed by atoms with E-state index in [1.54, 1.807) is 6.07 Å². The van der Waals surface area contributed by atoms with E-state index in [1.165, 1.54) is 0 Å². The van der Waals surface area contributed by atoms with Crippen LogP contribution in [0.25, 0.3) is 0 Å². The maximum absolute atomic E-state index is 12.4. The number of hydrogen-bond donors (Lipinski definition) is 2. The van der Waals surface area contributed by atoms with Crippen molar-refractivity contribution in [1.82, 2.24) is 10.2 Å². The lowest BCUT2D eigenvalue weighted by molar-refractivity contribution is 0.0951. The van der Waals surface area contributed by atoms with Gasteiger partial charge in [0.15, 0.2) is 0 Å². The van der Waals surface area contributed by atoms with Crippen LogP contribution in [0.1, 0.15) is 48.5 Å². The number of carbonyl (C=O) groups excluding carboxylic acids is 2. The van der Waals surface area contributed by atoms with E-state index in [1.807, 2.05) is 24.0 Å². The predicted molar refractivity (Wildman–Crippen MR) is 90.7 cm³/mol. The minimum absolute atomic E-state index is 0.0604. The van der Waals surface area contributed by atoms with Crippen LogP contribution in [-0.4, -0.2) is 36.0 Å². The summed E-state index contributed by atoms with van der Waals surface area (Å²) in [4.78, 5) is 26.4. The number of urea groups is 1. The number of amides is 3. The summed E-state index contributed by atoms with van der Waals surface area (Å²) < 4.78 is 0. The van der Waals surface area contributed by atoms with E-state index in [0.29, 0.717) is 17.5 Å². The number of rotatable bonds is 3. The Bertz CT molecular complexity index is 602. The van der Waals surface area contributed by atoms with E-state index >= 15 is 0 Å². The van der Waals surface area contributed by atoms with Gasteiger partial charge in [0.05, 0.1) is 0 Å². The van der Waals surface area contributed by atoms with Crippen LogP contribution in [0.4, 0.5) is 10.5 Å². The molecule has 1 aromatic rings. The molecule has 1 aliphatic heterocycles. The van der Waals surface area contributed by atoms with Gasteiger partial charge in [-0.15, -0.1) is 0 Å². The van der Waals surface area contributed by atoms with Crippen molar-refractivity contribution in [2.75, 3.05) is 18.4 Å². The molecule has 2 fully saturated rings. The summed E-state index contributed by atoms with van der Waals surface area (Å²) in [6.07, 6.45) is 4.23. The van der Waals surface area contributed by atoms with Gasteiger partial charge in [-0.3, -0.25) is 4.79 Å². The maximum atomic E-state index is 12.4. The van der Waals surface area contributed by atoms with Crippen molar-refractivity contribution in [2.45, 2.75) is 45.6 Å². The van der Waals surface area contributed by atoms with Crippen LogP contribution in [0.2, 0.25) is 0 Å². The third kappa shape index (κ3) is 4.03. The minimum atomic E-state index is -0.0697. The Hall–Kier alpha value is -2.04. The zero-order chi connectivity index (χ0) is 16.4. The van der Waals surface area contributed by atoms with Gasteiger partial charge in [0, 0.05) is 30.4 Å². The van der Waals surface area contributed by atoms with Gasteiger partial charge in [0.1, 0.15) is 0 Å². The normalized spacial score (nSPS) is 18.6. The molecule has 0 aromatic heterocycles. The highest BCUT2D eigenvalue weighted by Crippen LogP contribution is 2.22. The van der Waals surface area contributed by atoms with E-state index < -0.39 is 0 Å². The molecule has 1 saturated heterocycles. The van der Waals surface area contributed by atoms with Gasteiger partial charge in [-0.2, -0.15) is 0 Å². The van der Waals surface area contributed by atoms with Crippen LogP contribution in [0.3, 0.4) is 0 Å². The van der Waals surface area contributed by atoms with E-state index in [4.69, 9.17) is 0 Å². The van der Waals surface area contributed by atoms with Gasteiger partial charge < -0.3 is 15.5 Å². The molecule has 1 aliphatic carbocycles. The standard InChI is InChI=1S/C18H25N3O2/c1-12-7-9-21(10-8-12)18(23)20-16-11-14(4-3-13(16)2)17(22)19-15-5-6-15/h3-4,11-12,15H,5-10H2,1-2H3,(H,19,22)(H,20,23). The van der Waals surface area contributed by atoms with Gasteiger partial charge in [0.25, 0.3) is 5.91 Å². The van der Waals surface area contributed by atoms with Crippen molar-refractivity contribution >= 4 is 17.6 Å². The van der Waals surface area contributed by atoms with Crippen molar-refractivity contribution < 1.29 is 9.59 Å². The van der Waals surface area contributed by atoms with Crippen molar-refractivity contribution in [2.24, 2.45) is 5.92 Å². The van der Waals surface area contributed by atoms with E-state index in [2.05, 4.69) is 17.6 Å². The van der Waals surface area contributed by atoms with Crippen LogP contribution in [0, 0.1) is 12.8 Å². The Morgan fingerprint density at radius 2 is 1.83 bits per heavy atom. The molecule has 5 heteroatoms. The molecule has 1 saturated carbocycles. The summed E-state index contributed by atoms with van der Waals surface area (Å²) in [7, 11) is 0. The van der Waals surface area contributed by atoms with Gasteiger partial charge in [-0.25, -0.2) is 4.79 Å². The monoisotopic (exact) mass is 315 g/mol. The minimum Gasteiger partial charge on any atom is -0.349 e. The highest BCUT2D eigenvalue weighted by molar-refractivity contribution is 5.97. The van der Waals surface area contributed by atoms with Crippen molar-refractivity contribution in [1.29, 1.82) is 0 Å². The van der Waals surface area contributed by atoms with Gasteiger partial charge in [0.2, 0.25) is 0 Å². The molecule has 1 aromatic carbocycles. The zero-order valence-corrected chi connectivity index (χ0v) is 13.9. The molecule has 5 nitrogen and oxygen atoms in total. The molecule has 2 aliphatic rings. The second-order valence-corrected chi connectivity index (χ2v) is 6.88. The Morgan fingerprint density at radius 3 is 2.48 bits per heavy atom. The molecule has 2 N–H and O–H groups in total. The topological polar surface area (TPSA) is 61.4 Å². The summed E-state index contributed by atoms with van der Waals surface area (Å²) in [6.45, 7) is 5.76. The molecule has 3 amide bonds. The third-order valence-electron chi connectivity index (χ3n) is 4.72. The lowest BCUT2D eigenvalue weighted by atomic mass is 10.00. The molecule has 124 valence electrons. The maximum Gasteiger partial charge on any atom is 0.321 e. The highest BCUT2D eigenvalue weighted by atomic mass is 16.2. The quantitative estimate of drug-likeness (QED) is 0.900. The van der Waals surface area contributed by atoms with E-state index in [9.17, 15) is 9.59 Å². The third-order valence-corrected chi connectivity index (χ3v) is 4.72. The first-order chi connectivity index (χ1) is 11.0. The number of hydrogen-bond acceptors (Lipinski definition) is 2. The molecule has 0 atom stereocenters. The Morgan fingerprint density at radius 1 is 1.13 bits per heavy atom. The SMILES string of the molecule is Cc1ccc(C(=O)NC2CC2)cc1NC(=O)N1CCC(C)CC1. The molecule has 3 rings (SSSR count). The molecule has 0 bridgehead atoms. The van der Waals surface area contributed by atoms with Crippen LogP contribution >= 0.6 is 0 Å². The molecule has 0 radical (unpaired) electrons. The van der Waals surface area contributed by atoms with Crippen LogP contribution in [-0.2, 0) is 0 Å². The molecular weight excluding hydrogens is 290 g/mol. The lowest BCUT2D eigenvalue weighted by Gasteiger charge is -2.30. The fraction of sp³-hybridized carbons (Fsp3) is 0.556. The fourth-order valence-electron chi connectivity index (χ4n) is 2.80. The number of aryl methyl sites for hydroxylation is 1. The second kappa shape index (κ2) is 6.60. The van der Waals surface area contributed by atoms with E-state index in [0.717, 1.165) is 50.0 Å². The van der Waals surface area contributed by atoms with Crippen molar-refractivity contribution in [3.8, 4) is 0 Å². The van der Waals surface area contributed by atoms with E-state index in [-0.39, 0.29) is 11.9 Å². The molecular formula is C18H25N3O2. The van der Waals surface area contributed by atoms with Gasteiger partial charge in [-0.05, 0) is 56.2 Å². The summed E-state index contributed by atoms with van der Waals surface area (Å²) in [5.74, 6) is 0.630. The number of carbonyl (C=O) groups is 2. The van der Waals surface area contributed by atoms with Crippen molar-refractivity contribution in [3.63, 3.8) is 0 Å². The number of likely N-dealkylation sites (tertiary alicyclic amines) is 1. The van der Waals surface area contributed by atoms with Crippen LogP contribution < -0.4 is 10.6 Å². The summed E-state index contributed by atoms with van der Waals surface area (Å²) in [5, 5.41) is 5.94. The fourth-order valence-corrected chi connectivity index (χ4v) is 2.80. The Kier molecular flexibility index (Phi) is 4.55.